The van der Waals surface area contributed by atoms with Crippen molar-refractivity contribution in [1.82, 2.24) is 9.88 Å². The van der Waals surface area contributed by atoms with E-state index in [1.807, 2.05) is 32.0 Å². The van der Waals surface area contributed by atoms with Gasteiger partial charge in [0.25, 0.3) is 5.91 Å². The van der Waals surface area contributed by atoms with E-state index in [1.165, 1.54) is 11.3 Å². The zero-order valence-electron chi connectivity index (χ0n) is 16.9. The Hall–Kier alpha value is -2.61. The molecule has 0 saturated heterocycles. The second kappa shape index (κ2) is 10.1. The van der Waals surface area contributed by atoms with E-state index in [0.29, 0.717) is 41.7 Å². The van der Waals surface area contributed by atoms with Crippen molar-refractivity contribution in [3.63, 3.8) is 0 Å². The second-order valence-electron chi connectivity index (χ2n) is 6.85. The van der Waals surface area contributed by atoms with E-state index in [-0.39, 0.29) is 17.7 Å². The lowest BCUT2D eigenvalue weighted by Gasteiger charge is -2.16. The Balaban J connectivity index is 1.93. The van der Waals surface area contributed by atoms with Gasteiger partial charge < -0.3 is 19.7 Å². The van der Waals surface area contributed by atoms with Gasteiger partial charge in [0.15, 0.2) is 16.6 Å². The lowest BCUT2D eigenvalue weighted by Crippen LogP contribution is -2.29. The minimum Gasteiger partial charge on any atom is -0.493 e. The number of hydrogen-bond donors (Lipinski definition) is 1. The molecule has 1 aromatic heterocycles. The highest BCUT2D eigenvalue weighted by Crippen LogP contribution is 2.27. The minimum atomic E-state index is -0.180. The summed E-state index contributed by atoms with van der Waals surface area (Å²) in [5, 5.41) is 4.85. The number of rotatable bonds is 9. The van der Waals surface area contributed by atoms with Crippen molar-refractivity contribution in [3.05, 3.63) is 34.8 Å². The van der Waals surface area contributed by atoms with Gasteiger partial charge in [-0.25, -0.2) is 4.98 Å². The normalized spacial score (nSPS) is 10.6. The van der Waals surface area contributed by atoms with E-state index < -0.39 is 0 Å². The lowest BCUT2D eigenvalue weighted by atomic mass is 10.1. The molecule has 0 saturated carbocycles. The Morgan fingerprint density at radius 3 is 2.57 bits per heavy atom. The Kier molecular flexibility index (Phi) is 7.80. The van der Waals surface area contributed by atoms with E-state index in [4.69, 9.17) is 9.47 Å². The van der Waals surface area contributed by atoms with Crippen LogP contribution in [0.15, 0.2) is 23.6 Å². The van der Waals surface area contributed by atoms with E-state index in [0.717, 1.165) is 5.56 Å². The van der Waals surface area contributed by atoms with Crippen molar-refractivity contribution in [1.29, 1.82) is 0 Å². The molecule has 0 aliphatic carbocycles. The van der Waals surface area contributed by atoms with Crippen LogP contribution in [0.25, 0.3) is 0 Å². The monoisotopic (exact) mass is 405 g/mol. The van der Waals surface area contributed by atoms with E-state index in [2.05, 4.69) is 10.3 Å². The van der Waals surface area contributed by atoms with Crippen molar-refractivity contribution in [2.24, 2.45) is 5.92 Å². The van der Waals surface area contributed by atoms with Gasteiger partial charge in [-0.1, -0.05) is 19.9 Å². The quantitative estimate of drug-likeness (QED) is 0.691. The molecule has 1 N–H and O–H groups in total. The Labute approximate surface area is 169 Å². The Bertz CT molecular complexity index is 820. The number of carbonyl (C=O) groups excluding carboxylic acids is 2. The first-order chi connectivity index (χ1) is 13.3. The molecule has 0 radical (unpaired) electrons. The molecule has 0 unspecified atom stereocenters. The number of methoxy groups -OCH3 is 2. The van der Waals surface area contributed by atoms with Crippen LogP contribution < -0.4 is 14.8 Å². The van der Waals surface area contributed by atoms with E-state index in [9.17, 15) is 9.59 Å². The molecular formula is C20H27N3O4S. The zero-order valence-corrected chi connectivity index (χ0v) is 17.8. The number of likely N-dealkylation sites (N-methyl/N-ethyl adjacent to an activating group) is 1. The maximum absolute atomic E-state index is 12.6. The molecule has 8 heteroatoms. The summed E-state index contributed by atoms with van der Waals surface area (Å²) < 4.78 is 10.5. The van der Waals surface area contributed by atoms with E-state index in [1.54, 1.807) is 31.5 Å². The molecule has 152 valence electrons. The molecule has 28 heavy (non-hydrogen) atoms. The summed E-state index contributed by atoms with van der Waals surface area (Å²) in [6.07, 6.45) is 1.10. The van der Waals surface area contributed by atoms with Crippen molar-refractivity contribution in [3.8, 4) is 11.5 Å². The zero-order chi connectivity index (χ0) is 20.7. The van der Waals surface area contributed by atoms with Crippen LogP contribution in [-0.2, 0) is 11.2 Å². The highest BCUT2D eigenvalue weighted by Gasteiger charge is 2.17. The summed E-state index contributed by atoms with van der Waals surface area (Å²) in [4.78, 5) is 30.3. The number of thiazole rings is 1. The number of hydrogen-bond acceptors (Lipinski definition) is 6. The SMILES string of the molecule is COc1ccc(CCN(C)C(=O)c2csc(NC(=O)CC(C)C)n2)cc1OC. The average molecular weight is 406 g/mol. The Morgan fingerprint density at radius 2 is 1.93 bits per heavy atom. The van der Waals surface area contributed by atoms with E-state index >= 15 is 0 Å². The third-order valence-electron chi connectivity index (χ3n) is 4.09. The summed E-state index contributed by atoms with van der Waals surface area (Å²) >= 11 is 1.25. The molecule has 2 rings (SSSR count). The summed E-state index contributed by atoms with van der Waals surface area (Å²) in [7, 11) is 4.92. The predicted octanol–water partition coefficient (Wildman–Crippen LogP) is 3.46. The minimum absolute atomic E-state index is 0.0924. The van der Waals surface area contributed by atoms with Gasteiger partial charge in [-0.2, -0.15) is 0 Å². The first kappa shape index (κ1) is 21.7. The molecule has 2 amide bonds. The predicted molar refractivity (Wildman–Crippen MR) is 110 cm³/mol. The summed E-state index contributed by atoms with van der Waals surface area (Å²) in [5.74, 6) is 1.33. The molecule has 7 nitrogen and oxygen atoms in total. The average Bonchev–Trinajstić information content (AvgIpc) is 3.12. The summed E-state index contributed by atoms with van der Waals surface area (Å²) in [5.41, 5.74) is 1.37. The highest BCUT2D eigenvalue weighted by atomic mass is 32.1. The fourth-order valence-corrected chi connectivity index (χ4v) is 3.30. The van der Waals surface area contributed by atoms with Gasteiger partial charge in [-0.15, -0.1) is 11.3 Å². The molecule has 0 bridgehead atoms. The van der Waals surface area contributed by atoms with Gasteiger partial charge >= 0.3 is 0 Å². The van der Waals surface area contributed by atoms with Gasteiger partial charge in [0.1, 0.15) is 5.69 Å². The lowest BCUT2D eigenvalue weighted by molar-refractivity contribution is -0.116. The van der Waals surface area contributed by atoms with Crippen molar-refractivity contribution >= 4 is 28.3 Å². The van der Waals surface area contributed by atoms with Crippen LogP contribution in [0, 0.1) is 5.92 Å². The molecule has 0 atom stereocenters. The maximum Gasteiger partial charge on any atom is 0.273 e. The Morgan fingerprint density at radius 1 is 1.21 bits per heavy atom. The largest absolute Gasteiger partial charge is 0.493 e. The number of aromatic nitrogens is 1. The van der Waals surface area contributed by atoms with Crippen LogP contribution in [0.3, 0.4) is 0 Å². The first-order valence-corrected chi connectivity index (χ1v) is 9.93. The van der Waals surface area contributed by atoms with Crippen LogP contribution >= 0.6 is 11.3 Å². The number of ether oxygens (including phenoxy) is 2. The smallest absolute Gasteiger partial charge is 0.273 e. The molecule has 1 aromatic carbocycles. The van der Waals surface area contributed by atoms with Crippen LogP contribution in [0.4, 0.5) is 5.13 Å². The summed E-state index contributed by atoms with van der Waals surface area (Å²) in [6, 6.07) is 5.70. The number of anilines is 1. The van der Waals surface area contributed by atoms with Gasteiger partial charge in [-0.05, 0) is 30.0 Å². The molecule has 1 heterocycles. The fourth-order valence-electron chi connectivity index (χ4n) is 2.60. The molecule has 0 aliphatic rings. The van der Waals surface area contributed by atoms with Crippen LogP contribution in [0.1, 0.15) is 36.3 Å². The standard InChI is InChI=1S/C20H27N3O4S/c1-13(2)10-18(24)22-20-21-15(12-28-20)19(25)23(3)9-8-14-6-7-16(26-4)17(11-14)27-5/h6-7,11-13H,8-10H2,1-5H3,(H,21,22,24). The molecule has 2 aromatic rings. The second-order valence-corrected chi connectivity index (χ2v) is 7.71. The van der Waals surface area contributed by atoms with Gasteiger partial charge in [0.05, 0.1) is 14.2 Å². The third-order valence-corrected chi connectivity index (χ3v) is 4.85. The van der Waals surface area contributed by atoms with Gasteiger partial charge in [-0.3, -0.25) is 9.59 Å². The van der Waals surface area contributed by atoms with Crippen LogP contribution in [0.5, 0.6) is 11.5 Å². The van der Waals surface area contributed by atoms with Gasteiger partial charge in [0, 0.05) is 25.4 Å². The fraction of sp³-hybridized carbons (Fsp3) is 0.450. The first-order valence-electron chi connectivity index (χ1n) is 9.05. The third kappa shape index (κ3) is 5.95. The molecular weight excluding hydrogens is 378 g/mol. The van der Waals surface area contributed by atoms with Crippen molar-refractivity contribution in [2.45, 2.75) is 26.7 Å². The summed E-state index contributed by atoms with van der Waals surface area (Å²) in [6.45, 7) is 4.48. The number of benzene rings is 1. The highest BCUT2D eigenvalue weighted by molar-refractivity contribution is 7.14. The number of nitrogens with zero attached hydrogens (tertiary/aromatic N) is 2. The molecule has 0 spiro atoms. The van der Waals surface area contributed by atoms with Crippen molar-refractivity contribution in [2.75, 3.05) is 33.1 Å². The van der Waals surface area contributed by atoms with Crippen LogP contribution in [0.2, 0.25) is 0 Å². The number of amides is 2. The number of carbonyl (C=O) groups is 2. The maximum atomic E-state index is 12.6. The molecule has 0 fully saturated rings. The van der Waals surface area contributed by atoms with Crippen molar-refractivity contribution < 1.29 is 19.1 Å². The topological polar surface area (TPSA) is 80.8 Å². The molecule has 0 aliphatic heterocycles. The van der Waals surface area contributed by atoms with Crippen LogP contribution in [-0.4, -0.2) is 49.5 Å². The number of nitrogens with one attached hydrogen (secondary N) is 1. The van der Waals surface area contributed by atoms with Gasteiger partial charge in [0.2, 0.25) is 5.91 Å².